The van der Waals surface area contributed by atoms with Gasteiger partial charge in [0.25, 0.3) is 0 Å². The van der Waals surface area contributed by atoms with E-state index in [1.807, 2.05) is 0 Å². The fraction of sp³-hybridized carbons (Fsp3) is 0.143. The number of rotatable bonds is 3. The number of nitrogens with zero attached hydrogens (tertiary/aromatic N) is 1. The molecule has 3 N–H and O–H groups in total. The maximum absolute atomic E-state index is 11.5. The molecule has 20 heavy (non-hydrogen) atoms. The van der Waals surface area contributed by atoms with Gasteiger partial charge in [0.05, 0.1) is 0 Å². The van der Waals surface area contributed by atoms with E-state index in [1.165, 1.54) is 4.90 Å². The first kappa shape index (κ1) is 13.7. The van der Waals surface area contributed by atoms with Gasteiger partial charge in [-0.05, 0) is 26.0 Å². The molecule has 0 aliphatic carbocycles. The molecule has 0 amide bonds. The van der Waals surface area contributed by atoms with Crippen LogP contribution in [0, 0.1) is 0 Å². The highest BCUT2D eigenvalue weighted by atomic mass is 16.4. The highest BCUT2D eigenvalue weighted by molar-refractivity contribution is 6.01. The summed E-state index contributed by atoms with van der Waals surface area (Å²) < 4.78 is 0. The summed E-state index contributed by atoms with van der Waals surface area (Å²) in [5.74, 6) is -2.38. The van der Waals surface area contributed by atoms with E-state index in [0.717, 1.165) is 0 Å². The van der Waals surface area contributed by atoms with E-state index in [1.54, 1.807) is 44.2 Å². The van der Waals surface area contributed by atoms with Crippen LogP contribution in [0.1, 0.15) is 13.8 Å². The van der Waals surface area contributed by atoms with Gasteiger partial charge < -0.3 is 15.5 Å². The van der Waals surface area contributed by atoms with Gasteiger partial charge in [-0.25, -0.2) is 9.59 Å². The van der Waals surface area contributed by atoms with Gasteiger partial charge in [0.2, 0.25) is 0 Å². The normalized spacial score (nSPS) is 15.2. The molecule has 0 fully saturated rings. The van der Waals surface area contributed by atoms with E-state index in [0.29, 0.717) is 17.1 Å². The fourth-order valence-corrected chi connectivity index (χ4v) is 2.19. The minimum Gasteiger partial charge on any atom is -0.477 e. The number of allylic oxidation sites excluding steroid dienone is 2. The second kappa shape index (κ2) is 5.08. The van der Waals surface area contributed by atoms with Crippen LogP contribution in [0.15, 0.2) is 53.1 Å². The summed E-state index contributed by atoms with van der Waals surface area (Å²) in [7, 11) is 0. The third kappa shape index (κ3) is 2.23. The number of carboxylic acid groups (broad SMARTS) is 2. The van der Waals surface area contributed by atoms with Crippen LogP contribution >= 0.6 is 0 Å². The van der Waals surface area contributed by atoms with Crippen LogP contribution in [-0.4, -0.2) is 22.2 Å². The average Bonchev–Trinajstić information content (AvgIpc) is 2.37. The summed E-state index contributed by atoms with van der Waals surface area (Å²) in [4.78, 5) is 24.2. The van der Waals surface area contributed by atoms with Crippen molar-refractivity contribution in [2.75, 3.05) is 4.90 Å². The number of nitrogens with one attached hydrogen (secondary N) is 1. The highest BCUT2D eigenvalue weighted by Gasteiger charge is 2.33. The summed E-state index contributed by atoms with van der Waals surface area (Å²) in [5, 5.41) is 21.5. The van der Waals surface area contributed by atoms with Crippen LogP contribution in [-0.2, 0) is 9.59 Å². The number of hydrogen-bond acceptors (Lipinski definition) is 4. The van der Waals surface area contributed by atoms with Crippen molar-refractivity contribution in [3.63, 3.8) is 0 Å². The predicted octanol–water partition coefficient (Wildman–Crippen LogP) is 1.73. The zero-order chi connectivity index (χ0) is 14.9. The Bertz CT molecular complexity index is 596. The summed E-state index contributed by atoms with van der Waals surface area (Å²) >= 11 is 0. The average molecular weight is 274 g/mol. The maximum Gasteiger partial charge on any atom is 0.354 e. The molecule has 1 aliphatic rings. The van der Waals surface area contributed by atoms with Gasteiger partial charge in [0.1, 0.15) is 0 Å². The Morgan fingerprint density at radius 3 is 1.80 bits per heavy atom. The molecule has 1 aromatic carbocycles. The van der Waals surface area contributed by atoms with E-state index in [-0.39, 0.29) is 11.4 Å². The van der Waals surface area contributed by atoms with Gasteiger partial charge in [-0.1, -0.05) is 18.2 Å². The summed E-state index contributed by atoms with van der Waals surface area (Å²) in [6, 6.07) is 8.55. The smallest absolute Gasteiger partial charge is 0.354 e. The quantitative estimate of drug-likeness (QED) is 0.777. The van der Waals surface area contributed by atoms with Crippen molar-refractivity contribution in [3.05, 3.63) is 53.1 Å². The second-order valence-corrected chi connectivity index (χ2v) is 4.35. The Hall–Kier alpha value is -2.76. The first-order chi connectivity index (χ1) is 9.43. The van der Waals surface area contributed by atoms with Gasteiger partial charge in [-0.15, -0.1) is 0 Å². The molecule has 0 bridgehead atoms. The number of aliphatic carboxylic acids is 2. The minimum absolute atomic E-state index is 0.0980. The first-order valence-electron chi connectivity index (χ1n) is 5.94. The van der Waals surface area contributed by atoms with Crippen molar-refractivity contribution in [2.24, 2.45) is 0 Å². The van der Waals surface area contributed by atoms with Crippen LogP contribution in [0.4, 0.5) is 5.69 Å². The number of carboxylic acids is 2. The molecule has 6 heteroatoms. The number of carbonyl (C=O) groups is 2. The van der Waals surface area contributed by atoms with Crippen LogP contribution < -0.4 is 10.2 Å². The monoisotopic (exact) mass is 274 g/mol. The molecular weight excluding hydrogens is 260 g/mol. The number of benzene rings is 1. The van der Waals surface area contributed by atoms with Crippen molar-refractivity contribution in [3.8, 4) is 0 Å². The maximum atomic E-state index is 11.5. The van der Waals surface area contributed by atoms with Crippen LogP contribution in [0.2, 0.25) is 0 Å². The second-order valence-electron chi connectivity index (χ2n) is 4.35. The van der Waals surface area contributed by atoms with Gasteiger partial charge in [0.15, 0.2) is 11.4 Å². The molecule has 0 saturated heterocycles. The molecule has 2 rings (SSSR count). The van der Waals surface area contributed by atoms with E-state index in [9.17, 15) is 19.8 Å². The lowest BCUT2D eigenvalue weighted by atomic mass is 10.1. The Kier molecular flexibility index (Phi) is 3.47. The van der Waals surface area contributed by atoms with Crippen molar-refractivity contribution < 1.29 is 19.8 Å². The first-order valence-corrected chi connectivity index (χ1v) is 5.94. The van der Waals surface area contributed by atoms with Gasteiger partial charge in [-0.2, -0.15) is 0 Å². The zero-order valence-corrected chi connectivity index (χ0v) is 11.0. The van der Waals surface area contributed by atoms with Crippen LogP contribution in [0.25, 0.3) is 0 Å². The van der Waals surface area contributed by atoms with Crippen molar-refractivity contribution in [1.82, 2.24) is 5.32 Å². The Labute approximate surface area is 115 Å². The third-order valence-electron chi connectivity index (χ3n) is 2.95. The molecule has 1 aromatic rings. The molecule has 0 aromatic heterocycles. The summed E-state index contributed by atoms with van der Waals surface area (Å²) in [6.07, 6.45) is 0. The van der Waals surface area contributed by atoms with Gasteiger partial charge in [0, 0.05) is 17.1 Å². The largest absolute Gasteiger partial charge is 0.477 e. The molecule has 1 aliphatic heterocycles. The van der Waals surface area contributed by atoms with Crippen molar-refractivity contribution in [2.45, 2.75) is 13.8 Å². The number of anilines is 1. The van der Waals surface area contributed by atoms with E-state index < -0.39 is 11.9 Å². The van der Waals surface area contributed by atoms with Crippen molar-refractivity contribution in [1.29, 1.82) is 0 Å². The third-order valence-corrected chi connectivity index (χ3v) is 2.95. The molecule has 0 saturated carbocycles. The fourth-order valence-electron chi connectivity index (χ4n) is 2.19. The molecule has 6 nitrogen and oxygen atoms in total. The SMILES string of the molecule is CC1=C(C(=O)O)N(c2ccccc2)C(C(=O)O)=C(C)N1. The van der Waals surface area contributed by atoms with Gasteiger partial charge in [-0.3, -0.25) is 4.90 Å². The Morgan fingerprint density at radius 1 is 0.950 bits per heavy atom. The van der Waals surface area contributed by atoms with Gasteiger partial charge >= 0.3 is 11.9 Å². The molecule has 0 radical (unpaired) electrons. The number of para-hydroxylation sites is 1. The summed E-state index contributed by atoms with van der Waals surface area (Å²) in [6.45, 7) is 3.20. The Morgan fingerprint density at radius 2 is 1.40 bits per heavy atom. The highest BCUT2D eigenvalue weighted by Crippen LogP contribution is 2.30. The lowest BCUT2D eigenvalue weighted by Gasteiger charge is -2.32. The predicted molar refractivity (Wildman–Crippen MR) is 72.7 cm³/mol. The molecule has 0 spiro atoms. The lowest BCUT2D eigenvalue weighted by molar-refractivity contribution is -0.133. The number of hydrogen-bond donors (Lipinski definition) is 3. The topological polar surface area (TPSA) is 89.9 Å². The molecular formula is C14H14N2O4. The lowest BCUT2D eigenvalue weighted by Crippen LogP contribution is -2.39. The van der Waals surface area contributed by atoms with E-state index in [2.05, 4.69) is 5.32 Å². The molecule has 0 atom stereocenters. The summed E-state index contributed by atoms with van der Waals surface area (Å²) in [5.41, 5.74) is 1.08. The van der Waals surface area contributed by atoms with Crippen LogP contribution in [0.3, 0.4) is 0 Å². The molecule has 104 valence electrons. The zero-order valence-electron chi connectivity index (χ0n) is 11.0. The molecule has 1 heterocycles. The Balaban J connectivity index is 2.67. The molecule has 0 unspecified atom stereocenters. The minimum atomic E-state index is -1.19. The van der Waals surface area contributed by atoms with E-state index in [4.69, 9.17) is 0 Å². The standard InChI is InChI=1S/C14H14N2O4/c1-8-11(13(17)18)16(10-6-4-3-5-7-10)12(14(19)20)9(2)15-8/h3-7,15H,1-2H3,(H,17,18)(H,19,20). The van der Waals surface area contributed by atoms with E-state index >= 15 is 0 Å². The van der Waals surface area contributed by atoms with Crippen molar-refractivity contribution >= 4 is 17.6 Å². The van der Waals surface area contributed by atoms with Crippen LogP contribution in [0.5, 0.6) is 0 Å².